The molecule has 1 heterocycles. The van der Waals surface area contributed by atoms with Crippen molar-refractivity contribution in [2.75, 3.05) is 0 Å². The third-order valence-corrected chi connectivity index (χ3v) is 11.9. The van der Waals surface area contributed by atoms with Crippen LogP contribution in [0.25, 0.3) is 99.7 Å². The number of aromatic nitrogens is 1. The number of hydrogen-bond acceptors (Lipinski definition) is 2. The van der Waals surface area contributed by atoms with Crippen LogP contribution >= 0.6 is 0 Å². The summed E-state index contributed by atoms with van der Waals surface area (Å²) in [6.45, 7) is 4.72. The standard InChI is InChI=1S/C54H37NO/c1-54(2)47-31-40(53-55-49-19-11-12-20-50(49)56-53)29-30-41(47)44-32-45-46(33-48(44)54)52(39-27-23-37(24-28-39)35-15-7-4-8-16-35)43-18-10-9-17-42(43)51(45)38-25-21-36(22-26-38)34-13-5-3-6-14-34/h3-33H,1-2H3. The van der Waals surface area contributed by atoms with Gasteiger partial charge in [0.1, 0.15) is 5.52 Å². The molecular weight excluding hydrogens is 679 g/mol. The van der Waals surface area contributed by atoms with Gasteiger partial charge in [0.25, 0.3) is 0 Å². The molecule has 264 valence electrons. The van der Waals surface area contributed by atoms with Gasteiger partial charge in [0, 0.05) is 11.0 Å². The zero-order valence-corrected chi connectivity index (χ0v) is 31.3. The first-order chi connectivity index (χ1) is 27.5. The Labute approximate surface area is 326 Å². The number of nitrogens with zero attached hydrogens (tertiary/aromatic N) is 1. The van der Waals surface area contributed by atoms with Crippen LogP contribution in [0.3, 0.4) is 0 Å². The highest BCUT2D eigenvalue weighted by molar-refractivity contribution is 6.22. The van der Waals surface area contributed by atoms with Crippen LogP contribution in [0.2, 0.25) is 0 Å². The Hall–Kier alpha value is -7.03. The quantitative estimate of drug-likeness (QED) is 0.166. The van der Waals surface area contributed by atoms with Crippen LogP contribution in [0.15, 0.2) is 192 Å². The summed E-state index contributed by atoms with van der Waals surface area (Å²) >= 11 is 0. The molecular formula is C54H37NO. The van der Waals surface area contributed by atoms with E-state index in [4.69, 9.17) is 9.40 Å². The molecule has 2 nitrogen and oxygen atoms in total. The van der Waals surface area contributed by atoms with Gasteiger partial charge in [-0.05, 0) is 125 Å². The summed E-state index contributed by atoms with van der Waals surface area (Å²) in [6.07, 6.45) is 0. The third-order valence-electron chi connectivity index (χ3n) is 11.9. The maximum atomic E-state index is 6.26. The first-order valence-corrected chi connectivity index (χ1v) is 19.4. The molecule has 0 spiro atoms. The van der Waals surface area contributed by atoms with Crippen LogP contribution in [-0.2, 0) is 5.41 Å². The summed E-state index contributed by atoms with van der Waals surface area (Å²) in [6, 6.07) is 68.2. The minimum Gasteiger partial charge on any atom is -0.436 e. The molecule has 0 radical (unpaired) electrons. The van der Waals surface area contributed by atoms with Crippen LogP contribution in [0.4, 0.5) is 0 Å². The molecule has 2 heteroatoms. The molecule has 0 unspecified atom stereocenters. The first kappa shape index (κ1) is 32.4. The van der Waals surface area contributed by atoms with E-state index in [1.165, 1.54) is 88.3 Å². The molecule has 1 aliphatic rings. The fourth-order valence-electron chi connectivity index (χ4n) is 9.07. The van der Waals surface area contributed by atoms with Crippen molar-refractivity contribution in [3.63, 3.8) is 0 Å². The second-order valence-corrected chi connectivity index (χ2v) is 15.5. The van der Waals surface area contributed by atoms with E-state index in [2.05, 4.69) is 178 Å². The summed E-state index contributed by atoms with van der Waals surface area (Å²) in [7, 11) is 0. The molecule has 9 aromatic carbocycles. The normalized spacial score (nSPS) is 13.0. The van der Waals surface area contributed by atoms with Crippen LogP contribution in [-0.4, -0.2) is 4.98 Å². The van der Waals surface area contributed by atoms with E-state index in [1.54, 1.807) is 0 Å². The minimum atomic E-state index is -0.252. The van der Waals surface area contributed by atoms with Crippen LogP contribution in [0.1, 0.15) is 25.0 Å². The van der Waals surface area contributed by atoms with Crippen molar-refractivity contribution in [2.45, 2.75) is 19.3 Å². The van der Waals surface area contributed by atoms with E-state index in [0.717, 1.165) is 16.7 Å². The number of oxazole rings is 1. The second kappa shape index (κ2) is 12.5. The maximum absolute atomic E-state index is 6.26. The van der Waals surface area contributed by atoms with E-state index in [9.17, 15) is 0 Å². The van der Waals surface area contributed by atoms with Gasteiger partial charge in [0.2, 0.25) is 5.89 Å². The van der Waals surface area contributed by atoms with E-state index < -0.39 is 0 Å². The van der Waals surface area contributed by atoms with Crippen molar-refractivity contribution in [3.8, 4) is 67.1 Å². The Morgan fingerprint density at radius 3 is 1.43 bits per heavy atom. The highest BCUT2D eigenvalue weighted by atomic mass is 16.3. The predicted octanol–water partition coefficient (Wildman–Crippen LogP) is 14.8. The molecule has 1 aromatic heterocycles. The van der Waals surface area contributed by atoms with E-state index in [1.807, 2.05) is 24.3 Å². The monoisotopic (exact) mass is 715 g/mol. The average Bonchev–Trinajstić information content (AvgIpc) is 3.79. The van der Waals surface area contributed by atoms with E-state index in [0.29, 0.717) is 5.89 Å². The van der Waals surface area contributed by atoms with Crippen LogP contribution in [0.5, 0.6) is 0 Å². The Morgan fingerprint density at radius 1 is 0.375 bits per heavy atom. The summed E-state index contributed by atoms with van der Waals surface area (Å²) < 4.78 is 6.26. The largest absolute Gasteiger partial charge is 0.436 e. The molecule has 0 N–H and O–H groups in total. The topological polar surface area (TPSA) is 26.0 Å². The van der Waals surface area contributed by atoms with E-state index in [-0.39, 0.29) is 5.41 Å². The number of fused-ring (bicyclic) bond motifs is 6. The van der Waals surface area contributed by atoms with E-state index >= 15 is 0 Å². The summed E-state index contributed by atoms with van der Waals surface area (Å²) in [5.41, 5.74) is 17.4. The summed E-state index contributed by atoms with van der Waals surface area (Å²) in [5, 5.41) is 5.01. The molecule has 0 aliphatic heterocycles. The lowest BCUT2D eigenvalue weighted by atomic mass is 9.79. The van der Waals surface area contributed by atoms with Gasteiger partial charge < -0.3 is 4.42 Å². The number of hydrogen-bond donors (Lipinski definition) is 0. The van der Waals surface area contributed by atoms with Gasteiger partial charge in [-0.1, -0.05) is 166 Å². The Kier molecular flexibility index (Phi) is 7.24. The van der Waals surface area contributed by atoms with Gasteiger partial charge in [-0.3, -0.25) is 0 Å². The number of rotatable bonds is 5. The predicted molar refractivity (Wildman–Crippen MR) is 234 cm³/mol. The van der Waals surface area contributed by atoms with Crippen molar-refractivity contribution in [1.82, 2.24) is 4.98 Å². The molecule has 11 rings (SSSR count). The molecule has 56 heavy (non-hydrogen) atoms. The highest BCUT2D eigenvalue weighted by Gasteiger charge is 2.37. The summed E-state index contributed by atoms with van der Waals surface area (Å²) in [4.78, 5) is 4.86. The fraction of sp³-hybridized carbons (Fsp3) is 0.0556. The fourth-order valence-corrected chi connectivity index (χ4v) is 9.07. The molecule has 0 saturated carbocycles. The molecule has 10 aromatic rings. The Bertz CT molecular complexity index is 3080. The zero-order chi connectivity index (χ0) is 37.4. The van der Waals surface area contributed by atoms with Crippen molar-refractivity contribution in [2.24, 2.45) is 0 Å². The van der Waals surface area contributed by atoms with Gasteiger partial charge >= 0.3 is 0 Å². The Balaban J connectivity index is 1.16. The smallest absolute Gasteiger partial charge is 0.227 e. The van der Waals surface area contributed by atoms with Gasteiger partial charge in [-0.2, -0.15) is 0 Å². The van der Waals surface area contributed by atoms with Crippen LogP contribution in [0, 0.1) is 0 Å². The van der Waals surface area contributed by atoms with Crippen molar-refractivity contribution < 1.29 is 4.42 Å². The van der Waals surface area contributed by atoms with Gasteiger partial charge in [0.05, 0.1) is 0 Å². The van der Waals surface area contributed by atoms with Crippen LogP contribution < -0.4 is 0 Å². The third kappa shape index (κ3) is 5.07. The van der Waals surface area contributed by atoms with Crippen molar-refractivity contribution in [1.29, 1.82) is 0 Å². The minimum absolute atomic E-state index is 0.252. The highest BCUT2D eigenvalue weighted by Crippen LogP contribution is 2.54. The van der Waals surface area contributed by atoms with Crippen molar-refractivity contribution >= 4 is 32.6 Å². The van der Waals surface area contributed by atoms with Gasteiger partial charge in [0.15, 0.2) is 5.58 Å². The molecule has 0 bridgehead atoms. The molecule has 1 aliphatic carbocycles. The van der Waals surface area contributed by atoms with Gasteiger partial charge in [-0.25, -0.2) is 4.98 Å². The number of benzene rings is 9. The summed E-state index contributed by atoms with van der Waals surface area (Å²) in [5.74, 6) is 0.652. The first-order valence-electron chi connectivity index (χ1n) is 19.4. The molecule has 0 saturated heterocycles. The Morgan fingerprint density at radius 2 is 0.839 bits per heavy atom. The van der Waals surface area contributed by atoms with Crippen molar-refractivity contribution in [3.05, 3.63) is 199 Å². The lowest BCUT2D eigenvalue weighted by molar-refractivity contribution is 0.618. The van der Waals surface area contributed by atoms with Gasteiger partial charge in [-0.15, -0.1) is 0 Å². The zero-order valence-electron chi connectivity index (χ0n) is 31.3. The molecule has 0 atom stereocenters. The SMILES string of the molecule is CC1(C)c2cc(-c3nc4ccccc4o3)ccc2-c2cc3c(-c4ccc(-c5ccccc5)cc4)c4ccccc4c(-c4ccc(-c5ccccc5)cc4)c3cc21. The second-order valence-electron chi connectivity index (χ2n) is 15.5. The lowest BCUT2D eigenvalue weighted by Crippen LogP contribution is -2.15. The number of para-hydroxylation sites is 2. The molecule has 0 amide bonds. The molecule has 0 fully saturated rings. The average molecular weight is 716 g/mol. The maximum Gasteiger partial charge on any atom is 0.227 e. The lowest BCUT2D eigenvalue weighted by Gasteiger charge is -2.24.